The van der Waals surface area contributed by atoms with E-state index in [0.29, 0.717) is 5.56 Å². The third-order valence-electron chi connectivity index (χ3n) is 4.01. The molecule has 6 nitrogen and oxygen atoms in total. The van der Waals surface area contributed by atoms with Gasteiger partial charge in [-0.1, -0.05) is 6.07 Å². The van der Waals surface area contributed by atoms with E-state index in [2.05, 4.69) is 0 Å². The highest BCUT2D eigenvalue weighted by Gasteiger charge is 2.54. The van der Waals surface area contributed by atoms with Crippen LogP contribution in [-0.2, 0) is 9.53 Å². The summed E-state index contributed by atoms with van der Waals surface area (Å²) in [4.78, 5) is 24.8. The van der Waals surface area contributed by atoms with Crippen LogP contribution in [0, 0.1) is 5.82 Å². The molecular weight excluding hydrogens is 292 g/mol. The van der Waals surface area contributed by atoms with Crippen LogP contribution in [0.25, 0.3) is 0 Å². The fourth-order valence-electron chi connectivity index (χ4n) is 2.61. The molecule has 1 amide bonds. The second-order valence-corrected chi connectivity index (χ2v) is 5.72. The summed E-state index contributed by atoms with van der Waals surface area (Å²) in [5.74, 6) is -2.09. The van der Waals surface area contributed by atoms with Gasteiger partial charge in [0.05, 0.1) is 0 Å². The van der Waals surface area contributed by atoms with Crippen LogP contribution in [0.15, 0.2) is 12.1 Å². The molecule has 0 bridgehead atoms. The van der Waals surface area contributed by atoms with Gasteiger partial charge in [-0.15, -0.1) is 0 Å². The molecule has 1 aromatic rings. The normalized spacial score (nSPS) is 21.4. The van der Waals surface area contributed by atoms with E-state index in [-0.39, 0.29) is 23.0 Å². The lowest BCUT2D eigenvalue weighted by atomic mass is 9.77. The molecule has 3 rings (SSSR count). The highest BCUT2D eigenvalue weighted by Crippen LogP contribution is 2.60. The monoisotopic (exact) mass is 307 g/mol. The number of rotatable bonds is 3. The summed E-state index contributed by atoms with van der Waals surface area (Å²) in [6.07, 6.45) is 0.743. The van der Waals surface area contributed by atoms with Crippen molar-refractivity contribution in [2.24, 2.45) is 0 Å². The Hall–Kier alpha value is -2.09. The van der Waals surface area contributed by atoms with Gasteiger partial charge < -0.3 is 19.3 Å². The molecule has 1 heterocycles. The number of benzene rings is 1. The molecule has 2 atom stereocenters. The Labute approximate surface area is 127 Å². The van der Waals surface area contributed by atoms with E-state index in [1.807, 2.05) is 0 Å². The maximum absolute atomic E-state index is 14.0. The average Bonchev–Trinajstić information content (AvgIpc) is 3.25. The van der Waals surface area contributed by atoms with Crippen LogP contribution in [-0.4, -0.2) is 49.6 Å². The minimum atomic E-state index is -1.05. The third-order valence-corrected chi connectivity index (χ3v) is 4.01. The van der Waals surface area contributed by atoms with E-state index in [0.717, 1.165) is 6.42 Å². The highest BCUT2D eigenvalue weighted by atomic mass is 19.1. The predicted octanol–water partition coefficient (Wildman–Crippen LogP) is 0.801. The first kappa shape index (κ1) is 14.8. The van der Waals surface area contributed by atoms with Gasteiger partial charge in [-0.25, -0.2) is 9.18 Å². The summed E-state index contributed by atoms with van der Waals surface area (Å²) < 4.78 is 24.2. The molecule has 0 spiro atoms. The van der Waals surface area contributed by atoms with Crippen LogP contribution in [0.2, 0.25) is 5.82 Å². The van der Waals surface area contributed by atoms with Gasteiger partial charge in [0.1, 0.15) is 17.1 Å². The Morgan fingerprint density at radius 2 is 2.23 bits per heavy atom. The zero-order chi connectivity index (χ0) is 16.0. The van der Waals surface area contributed by atoms with Gasteiger partial charge in [0.15, 0.2) is 6.61 Å². The summed E-state index contributed by atoms with van der Waals surface area (Å²) in [6.45, 7) is -0.483. The van der Waals surface area contributed by atoms with Gasteiger partial charge in [0, 0.05) is 19.9 Å². The first-order valence-corrected chi connectivity index (χ1v) is 6.94. The van der Waals surface area contributed by atoms with Crippen molar-refractivity contribution < 1.29 is 28.4 Å². The molecule has 8 heteroatoms. The number of likely N-dealkylation sites (N-methyl/N-ethyl adjacent to an activating group) is 1. The molecule has 0 radical (unpaired) electrons. The maximum Gasteiger partial charge on any atom is 0.526 e. The van der Waals surface area contributed by atoms with Gasteiger partial charge >= 0.3 is 13.1 Å². The lowest BCUT2D eigenvalue weighted by molar-refractivity contribution is -0.131. The predicted molar refractivity (Wildman–Crippen MR) is 75.1 cm³/mol. The van der Waals surface area contributed by atoms with Crippen LogP contribution in [0.5, 0.6) is 5.75 Å². The molecule has 0 aromatic heterocycles. The molecule has 1 aliphatic carbocycles. The molecule has 22 heavy (non-hydrogen) atoms. The average molecular weight is 307 g/mol. The molecular formula is C14H15BFNO5. The van der Waals surface area contributed by atoms with E-state index in [1.165, 1.54) is 25.1 Å². The van der Waals surface area contributed by atoms with Crippen molar-refractivity contribution >= 4 is 19.0 Å². The van der Waals surface area contributed by atoms with Gasteiger partial charge in [0.2, 0.25) is 0 Å². The molecule has 2 aliphatic rings. The van der Waals surface area contributed by atoms with Gasteiger partial charge in [0.25, 0.3) is 5.91 Å². The van der Waals surface area contributed by atoms with Crippen molar-refractivity contribution in [3.63, 3.8) is 0 Å². The fraction of sp³-hybridized carbons (Fsp3) is 0.429. The molecule has 116 valence electrons. The number of hydrogen-bond acceptors (Lipinski definition) is 5. The Bertz CT molecular complexity index is 650. The Morgan fingerprint density at radius 3 is 2.91 bits per heavy atom. The Kier molecular flexibility index (Phi) is 3.56. The summed E-state index contributed by atoms with van der Waals surface area (Å²) in [5.41, 5.74) is 0.330. The number of hydrogen-bond donors (Lipinski definition) is 1. The summed E-state index contributed by atoms with van der Waals surface area (Å²) in [6, 6.07) is 2.74. The van der Waals surface area contributed by atoms with Gasteiger partial charge in [-0.2, -0.15) is 0 Å². The number of carbonyl (C=O) groups is 2. The number of ether oxygens (including phenoxy) is 1. The SMILES string of the molecule is CN(C)C(=O)COC(=O)c1c(F)ccc2c1OB(O)[C@@H]1C[C@H]21. The number of carbonyl (C=O) groups excluding carboxylic acids is 2. The highest BCUT2D eigenvalue weighted by molar-refractivity contribution is 6.48. The van der Waals surface area contributed by atoms with E-state index in [9.17, 15) is 19.0 Å². The smallest absolute Gasteiger partial charge is 0.526 e. The molecule has 0 saturated heterocycles. The number of halogens is 1. The lowest BCUT2D eigenvalue weighted by Crippen LogP contribution is -2.30. The summed E-state index contributed by atoms with van der Waals surface area (Å²) in [5, 5.41) is 9.80. The van der Waals surface area contributed by atoms with Crippen molar-refractivity contribution in [2.45, 2.75) is 18.2 Å². The second kappa shape index (κ2) is 5.28. The van der Waals surface area contributed by atoms with Crippen LogP contribution >= 0.6 is 0 Å². The van der Waals surface area contributed by atoms with Gasteiger partial charge in [-0.05, 0) is 24.0 Å². The lowest BCUT2D eigenvalue weighted by Gasteiger charge is -2.22. The first-order chi connectivity index (χ1) is 10.4. The number of fused-ring (bicyclic) bond motifs is 3. The second-order valence-electron chi connectivity index (χ2n) is 5.72. The topological polar surface area (TPSA) is 76.1 Å². The minimum Gasteiger partial charge on any atom is -0.535 e. The van der Waals surface area contributed by atoms with E-state index in [1.54, 1.807) is 6.07 Å². The van der Waals surface area contributed by atoms with Crippen LogP contribution < -0.4 is 4.65 Å². The van der Waals surface area contributed by atoms with E-state index >= 15 is 0 Å². The first-order valence-electron chi connectivity index (χ1n) is 6.94. The molecule has 0 unspecified atom stereocenters. The number of nitrogens with zero attached hydrogens (tertiary/aromatic N) is 1. The van der Waals surface area contributed by atoms with Crippen molar-refractivity contribution in [2.75, 3.05) is 20.7 Å². The van der Waals surface area contributed by atoms with Crippen molar-refractivity contribution in [3.05, 3.63) is 29.1 Å². The van der Waals surface area contributed by atoms with Crippen LogP contribution in [0.3, 0.4) is 0 Å². The van der Waals surface area contributed by atoms with Crippen molar-refractivity contribution in [1.29, 1.82) is 0 Å². The quantitative estimate of drug-likeness (QED) is 0.660. The zero-order valence-electron chi connectivity index (χ0n) is 12.2. The van der Waals surface area contributed by atoms with Crippen LogP contribution in [0.4, 0.5) is 4.39 Å². The maximum atomic E-state index is 14.0. The summed E-state index contributed by atoms with van der Waals surface area (Å²) >= 11 is 0. The van der Waals surface area contributed by atoms with Crippen LogP contribution in [0.1, 0.15) is 28.3 Å². The Balaban J connectivity index is 1.86. The Morgan fingerprint density at radius 1 is 1.50 bits per heavy atom. The number of amides is 1. The summed E-state index contributed by atoms with van der Waals surface area (Å²) in [7, 11) is 2.00. The fourth-order valence-corrected chi connectivity index (χ4v) is 2.61. The minimum absolute atomic E-state index is 0.00264. The molecule has 1 aromatic carbocycles. The van der Waals surface area contributed by atoms with E-state index < -0.39 is 31.4 Å². The van der Waals surface area contributed by atoms with Crippen molar-refractivity contribution in [3.8, 4) is 5.75 Å². The molecule has 1 fully saturated rings. The zero-order valence-corrected chi connectivity index (χ0v) is 12.2. The number of esters is 1. The van der Waals surface area contributed by atoms with E-state index in [4.69, 9.17) is 9.39 Å². The van der Waals surface area contributed by atoms with Gasteiger partial charge in [-0.3, -0.25) is 4.79 Å². The molecule has 1 saturated carbocycles. The third kappa shape index (κ3) is 2.43. The standard InChI is InChI=1S/C14H15BFNO5/c1-17(2)11(18)6-21-14(19)12-10(16)4-3-7-8-5-9(8)15(20)22-13(7)12/h3-4,8-9,20H,5-6H2,1-2H3/t8-,9-/m1/s1. The molecule has 1 aliphatic heterocycles. The van der Waals surface area contributed by atoms with Crippen molar-refractivity contribution in [1.82, 2.24) is 4.90 Å². The largest absolute Gasteiger partial charge is 0.535 e. The molecule has 1 N–H and O–H groups in total.